The van der Waals surface area contributed by atoms with E-state index < -0.39 is 11.9 Å². The number of amides is 1. The average molecular weight is 348 g/mol. The first-order valence-corrected chi connectivity index (χ1v) is 10.2. The first-order chi connectivity index (χ1) is 11.9. The number of aliphatic carboxylic acids is 1. The van der Waals surface area contributed by atoms with Crippen LogP contribution in [0.3, 0.4) is 0 Å². The maximum Gasteiger partial charge on any atom is 0.315 e. The molecule has 1 amide bonds. The molecular weight excluding hydrogens is 316 g/mol. The van der Waals surface area contributed by atoms with Crippen molar-refractivity contribution in [3.8, 4) is 0 Å². The van der Waals surface area contributed by atoms with Crippen molar-refractivity contribution in [3.63, 3.8) is 0 Å². The predicted octanol–water partition coefficient (Wildman–Crippen LogP) is 2.46. The molecule has 5 fully saturated rings. The Balaban J connectivity index is 1.26. The fourth-order valence-corrected chi connectivity index (χ4v) is 6.56. The van der Waals surface area contributed by atoms with Crippen molar-refractivity contribution in [2.75, 3.05) is 32.7 Å². The van der Waals surface area contributed by atoms with Crippen LogP contribution >= 0.6 is 0 Å². The predicted molar refractivity (Wildman–Crippen MR) is 95.0 cm³/mol. The molecule has 4 saturated carbocycles. The van der Waals surface area contributed by atoms with Gasteiger partial charge in [0.05, 0.1) is 0 Å². The highest BCUT2D eigenvalue weighted by Gasteiger charge is 2.50. The van der Waals surface area contributed by atoms with Crippen LogP contribution in [0, 0.1) is 29.1 Å². The van der Waals surface area contributed by atoms with Gasteiger partial charge in [0.25, 0.3) is 0 Å². The third-order valence-corrected chi connectivity index (χ3v) is 7.55. The van der Waals surface area contributed by atoms with Gasteiger partial charge in [0.2, 0.25) is 5.91 Å². The Kier molecular flexibility index (Phi) is 4.55. The number of hydrogen-bond donors (Lipinski definition) is 1. The van der Waals surface area contributed by atoms with Crippen molar-refractivity contribution >= 4 is 11.9 Å². The highest BCUT2D eigenvalue weighted by molar-refractivity contribution is 5.96. The first kappa shape index (κ1) is 17.3. The van der Waals surface area contributed by atoms with E-state index in [0.29, 0.717) is 18.5 Å². The zero-order chi connectivity index (χ0) is 17.6. The minimum absolute atomic E-state index is 0.228. The van der Waals surface area contributed by atoms with Gasteiger partial charge in [0.1, 0.15) is 5.92 Å². The first-order valence-electron chi connectivity index (χ1n) is 10.2. The second kappa shape index (κ2) is 6.57. The fourth-order valence-electron chi connectivity index (χ4n) is 6.56. The van der Waals surface area contributed by atoms with Crippen molar-refractivity contribution in [2.45, 2.75) is 51.9 Å². The van der Waals surface area contributed by atoms with Crippen LogP contribution in [0.15, 0.2) is 0 Å². The summed E-state index contributed by atoms with van der Waals surface area (Å²) >= 11 is 0. The lowest BCUT2D eigenvalue weighted by molar-refractivity contribution is -0.151. The standard InChI is InChI=1S/C20H32N2O3/c1-14(19(24)25)18(23)22-6-4-21(5-7-22)3-2-20-11-15-8-16(12-20)10-17(9-15)13-20/h14-17H,2-13H2,1H3,(H,24,25). The van der Waals surface area contributed by atoms with E-state index in [1.54, 1.807) is 4.90 Å². The third kappa shape index (κ3) is 3.44. The molecule has 1 aliphatic heterocycles. The quantitative estimate of drug-likeness (QED) is 0.775. The number of piperazine rings is 1. The van der Waals surface area contributed by atoms with Crippen molar-refractivity contribution in [1.29, 1.82) is 0 Å². The van der Waals surface area contributed by atoms with E-state index in [1.165, 1.54) is 51.9 Å². The smallest absolute Gasteiger partial charge is 0.315 e. The number of rotatable bonds is 5. The van der Waals surface area contributed by atoms with E-state index in [2.05, 4.69) is 4.90 Å². The maximum absolute atomic E-state index is 12.2. The Labute approximate surface area is 150 Å². The molecule has 4 aliphatic carbocycles. The van der Waals surface area contributed by atoms with Crippen molar-refractivity contribution in [1.82, 2.24) is 9.80 Å². The molecule has 5 heteroatoms. The van der Waals surface area contributed by atoms with E-state index in [1.807, 2.05) is 0 Å². The van der Waals surface area contributed by atoms with E-state index in [9.17, 15) is 9.59 Å². The average Bonchev–Trinajstić information content (AvgIpc) is 2.58. The molecule has 4 bridgehead atoms. The summed E-state index contributed by atoms with van der Waals surface area (Å²) in [6.07, 6.45) is 10.2. The Bertz CT molecular complexity index is 504. The third-order valence-electron chi connectivity index (χ3n) is 7.55. The van der Waals surface area contributed by atoms with Gasteiger partial charge in [-0.2, -0.15) is 0 Å². The van der Waals surface area contributed by atoms with Crippen molar-refractivity contribution < 1.29 is 14.7 Å². The zero-order valence-electron chi connectivity index (χ0n) is 15.5. The highest BCUT2D eigenvalue weighted by Crippen LogP contribution is 2.61. The highest BCUT2D eigenvalue weighted by atomic mass is 16.4. The minimum atomic E-state index is -1.02. The molecule has 5 nitrogen and oxygen atoms in total. The maximum atomic E-state index is 12.2. The SMILES string of the molecule is CC(C(=O)O)C(=O)N1CCN(CCC23CC4CC(CC(C4)C2)C3)CC1. The largest absolute Gasteiger partial charge is 0.481 e. The van der Waals surface area contributed by atoms with E-state index >= 15 is 0 Å². The summed E-state index contributed by atoms with van der Waals surface area (Å²) < 4.78 is 0. The van der Waals surface area contributed by atoms with Gasteiger partial charge < -0.3 is 10.0 Å². The number of carboxylic acids is 1. The minimum Gasteiger partial charge on any atom is -0.481 e. The van der Waals surface area contributed by atoms with Crippen LogP contribution in [0.5, 0.6) is 0 Å². The van der Waals surface area contributed by atoms with E-state index in [0.717, 1.165) is 37.4 Å². The van der Waals surface area contributed by atoms with Crippen LogP contribution in [-0.2, 0) is 9.59 Å². The van der Waals surface area contributed by atoms with Gasteiger partial charge in [-0.15, -0.1) is 0 Å². The van der Waals surface area contributed by atoms with Gasteiger partial charge in [0, 0.05) is 26.2 Å². The topological polar surface area (TPSA) is 60.9 Å². The van der Waals surface area contributed by atoms with Gasteiger partial charge in [-0.3, -0.25) is 14.5 Å². The second-order valence-corrected chi connectivity index (χ2v) is 9.39. The van der Waals surface area contributed by atoms with Crippen LogP contribution in [0.2, 0.25) is 0 Å². The van der Waals surface area contributed by atoms with Crippen LogP contribution in [0.1, 0.15) is 51.9 Å². The summed E-state index contributed by atoms with van der Waals surface area (Å²) in [7, 11) is 0. The van der Waals surface area contributed by atoms with Crippen molar-refractivity contribution in [2.24, 2.45) is 29.1 Å². The molecule has 5 rings (SSSR count). The summed E-state index contributed by atoms with van der Waals surface area (Å²) in [5, 5.41) is 9.01. The second-order valence-electron chi connectivity index (χ2n) is 9.39. The van der Waals surface area contributed by atoms with E-state index in [4.69, 9.17) is 5.11 Å². The monoisotopic (exact) mass is 348 g/mol. The lowest BCUT2D eigenvalue weighted by atomic mass is 9.49. The molecular formula is C20H32N2O3. The molecule has 0 aromatic carbocycles. The molecule has 1 atom stereocenters. The Morgan fingerprint density at radius 3 is 2.00 bits per heavy atom. The van der Waals surface area contributed by atoms with Crippen molar-refractivity contribution in [3.05, 3.63) is 0 Å². The van der Waals surface area contributed by atoms with Crippen LogP contribution in [0.25, 0.3) is 0 Å². The van der Waals surface area contributed by atoms with Crippen LogP contribution < -0.4 is 0 Å². The Morgan fingerprint density at radius 2 is 1.52 bits per heavy atom. The number of nitrogens with zero attached hydrogens (tertiary/aromatic N) is 2. The summed E-state index contributed by atoms with van der Waals surface area (Å²) in [5.74, 6) is 0.871. The molecule has 140 valence electrons. The number of carbonyl (C=O) groups excluding carboxylic acids is 1. The van der Waals surface area contributed by atoms with Gasteiger partial charge in [0.15, 0.2) is 0 Å². The lowest BCUT2D eigenvalue weighted by Gasteiger charge is -2.57. The van der Waals surface area contributed by atoms with Gasteiger partial charge in [-0.1, -0.05) is 0 Å². The molecule has 0 spiro atoms. The fraction of sp³-hybridized carbons (Fsp3) is 0.900. The molecule has 0 aromatic heterocycles. The summed E-state index contributed by atoms with van der Waals surface area (Å²) in [6.45, 7) is 5.79. The van der Waals surface area contributed by atoms with Gasteiger partial charge in [-0.05, 0) is 81.6 Å². The number of hydrogen-bond acceptors (Lipinski definition) is 3. The molecule has 0 radical (unpaired) electrons. The normalized spacial score (nSPS) is 38.8. The van der Waals surface area contributed by atoms with Crippen LogP contribution in [-0.4, -0.2) is 59.5 Å². The summed E-state index contributed by atoms with van der Waals surface area (Å²) in [4.78, 5) is 27.4. The molecule has 25 heavy (non-hydrogen) atoms. The molecule has 1 N–H and O–H groups in total. The van der Waals surface area contributed by atoms with Crippen LogP contribution in [0.4, 0.5) is 0 Å². The Morgan fingerprint density at radius 1 is 1.00 bits per heavy atom. The summed E-state index contributed by atoms with van der Waals surface area (Å²) in [6, 6.07) is 0. The zero-order valence-corrected chi connectivity index (χ0v) is 15.5. The molecule has 5 aliphatic rings. The number of carboxylic acid groups (broad SMARTS) is 1. The molecule has 1 unspecified atom stereocenters. The molecule has 1 saturated heterocycles. The number of carbonyl (C=O) groups is 2. The summed E-state index contributed by atoms with van der Waals surface area (Å²) in [5.41, 5.74) is 0.625. The molecule has 0 aromatic rings. The molecule has 1 heterocycles. The van der Waals surface area contributed by atoms with Gasteiger partial charge in [-0.25, -0.2) is 0 Å². The van der Waals surface area contributed by atoms with Gasteiger partial charge >= 0.3 is 5.97 Å². The van der Waals surface area contributed by atoms with E-state index in [-0.39, 0.29) is 5.91 Å². The lowest BCUT2D eigenvalue weighted by Crippen LogP contribution is -2.52. The Hall–Kier alpha value is -1.10.